The zero-order chi connectivity index (χ0) is 26.9. The van der Waals surface area contributed by atoms with Crippen molar-refractivity contribution in [1.29, 1.82) is 5.26 Å². The number of unbranched alkanes of at least 4 members (excludes halogenated alkanes) is 1. The molecule has 1 heterocycles. The minimum absolute atomic E-state index is 0.0196. The average molecular weight is 504 g/mol. The summed E-state index contributed by atoms with van der Waals surface area (Å²) in [6.07, 6.45) is 5.01. The number of amides is 2. The Morgan fingerprint density at radius 3 is 2.35 bits per heavy atom. The summed E-state index contributed by atoms with van der Waals surface area (Å²) in [6, 6.07) is 22.5. The number of nitriles is 1. The Morgan fingerprint density at radius 1 is 1.11 bits per heavy atom. The minimum atomic E-state index is -0.564. The lowest BCUT2D eigenvalue weighted by Crippen LogP contribution is -2.62. The first-order valence-corrected chi connectivity index (χ1v) is 13.7. The molecule has 0 aromatic heterocycles. The van der Waals surface area contributed by atoms with Gasteiger partial charge in [-0.05, 0) is 29.9 Å². The third-order valence-corrected chi connectivity index (χ3v) is 8.41. The van der Waals surface area contributed by atoms with E-state index in [4.69, 9.17) is 0 Å². The second kappa shape index (κ2) is 13.0. The number of hydrogen-bond donors (Lipinski definition) is 1. The highest BCUT2D eigenvalue weighted by Gasteiger charge is 2.51. The van der Waals surface area contributed by atoms with Crippen LogP contribution in [0.25, 0.3) is 0 Å². The van der Waals surface area contributed by atoms with Crippen LogP contribution in [0.2, 0.25) is 0 Å². The van der Waals surface area contributed by atoms with Crippen LogP contribution in [0.1, 0.15) is 63.5 Å². The molecule has 3 atom stereocenters. The molecule has 2 aromatic rings. The van der Waals surface area contributed by atoms with Gasteiger partial charge in [0, 0.05) is 33.4 Å². The molecule has 6 nitrogen and oxygen atoms in total. The second-order valence-electron chi connectivity index (χ2n) is 10.7. The number of hydrazine groups is 1. The summed E-state index contributed by atoms with van der Waals surface area (Å²) in [5.74, 6) is 0.300. The van der Waals surface area contributed by atoms with Crippen molar-refractivity contribution in [2.75, 3.05) is 27.2 Å². The molecule has 0 saturated carbocycles. The van der Waals surface area contributed by atoms with E-state index in [2.05, 4.69) is 37.5 Å². The molecule has 1 unspecified atom stereocenters. The standard InChI is InChI=1S/C31H43N4O2/c1-25(2)31(24-32,27-16-9-6-10-17-27)21-12-11-19-29(36)35(23-20-26-14-7-5-8-15-26)22-13-18-28(35)30(37)34(4)33-3/h5-10,14-17,25,28,33H,11-13,18-23H2,1-4H3/q+1/t28?,31-,35+/m0/s1. The summed E-state index contributed by atoms with van der Waals surface area (Å²) in [5.41, 5.74) is 4.59. The molecule has 3 rings (SSSR count). The van der Waals surface area contributed by atoms with Gasteiger partial charge in [0.25, 0.3) is 5.91 Å². The highest BCUT2D eigenvalue weighted by atomic mass is 16.2. The molecule has 0 bridgehead atoms. The Morgan fingerprint density at radius 2 is 1.76 bits per heavy atom. The fourth-order valence-electron chi connectivity index (χ4n) is 5.96. The molecule has 6 heteroatoms. The number of carbonyl (C=O) groups excluding carboxylic acids is 2. The van der Waals surface area contributed by atoms with Gasteiger partial charge < -0.3 is 0 Å². The van der Waals surface area contributed by atoms with Gasteiger partial charge in [-0.15, -0.1) is 0 Å². The number of likely N-dealkylation sites (tertiary alicyclic amines) is 1. The normalized spacial score (nSPS) is 20.8. The molecule has 1 aliphatic rings. The van der Waals surface area contributed by atoms with Crippen LogP contribution in [0.5, 0.6) is 0 Å². The van der Waals surface area contributed by atoms with E-state index in [1.54, 1.807) is 14.1 Å². The maximum atomic E-state index is 13.9. The molecule has 2 amide bonds. The predicted molar refractivity (Wildman–Crippen MR) is 147 cm³/mol. The summed E-state index contributed by atoms with van der Waals surface area (Å²) in [4.78, 5) is 27.2. The zero-order valence-corrected chi connectivity index (χ0v) is 23.0. The molecule has 1 N–H and O–H groups in total. The Hall–Kier alpha value is -3.01. The predicted octanol–water partition coefficient (Wildman–Crippen LogP) is 5.01. The number of carbonyl (C=O) groups is 2. The molecule has 0 radical (unpaired) electrons. The van der Waals surface area contributed by atoms with Crippen LogP contribution in [0.15, 0.2) is 60.7 Å². The number of rotatable bonds is 12. The van der Waals surface area contributed by atoms with Crippen molar-refractivity contribution < 1.29 is 14.1 Å². The van der Waals surface area contributed by atoms with E-state index in [1.165, 1.54) is 10.6 Å². The van der Waals surface area contributed by atoms with Gasteiger partial charge in [-0.25, -0.2) is 10.2 Å². The Kier molecular flexibility index (Phi) is 10.0. The number of benzene rings is 2. The number of quaternary nitrogens is 1. The fraction of sp³-hybridized carbons (Fsp3) is 0.516. The maximum absolute atomic E-state index is 13.9. The summed E-state index contributed by atoms with van der Waals surface area (Å²) in [5, 5.41) is 11.7. The molecule has 1 fully saturated rings. The van der Waals surface area contributed by atoms with E-state index in [9.17, 15) is 14.9 Å². The number of nitrogens with zero attached hydrogens (tertiary/aromatic N) is 3. The van der Waals surface area contributed by atoms with Crippen molar-refractivity contribution in [1.82, 2.24) is 10.4 Å². The topological polar surface area (TPSA) is 73.2 Å². The monoisotopic (exact) mass is 503 g/mol. The molecule has 198 valence electrons. The quantitative estimate of drug-likeness (QED) is 0.251. The van der Waals surface area contributed by atoms with Crippen LogP contribution in [0.3, 0.4) is 0 Å². The summed E-state index contributed by atoms with van der Waals surface area (Å²) in [6.45, 7) is 5.54. The van der Waals surface area contributed by atoms with Crippen molar-refractivity contribution >= 4 is 11.8 Å². The lowest BCUT2D eigenvalue weighted by atomic mass is 9.69. The van der Waals surface area contributed by atoms with Crippen LogP contribution in [0, 0.1) is 17.2 Å². The van der Waals surface area contributed by atoms with E-state index < -0.39 is 5.41 Å². The van der Waals surface area contributed by atoms with Crippen molar-refractivity contribution in [3.63, 3.8) is 0 Å². The Labute approximate surface area is 222 Å². The minimum Gasteiger partial charge on any atom is -0.276 e. The van der Waals surface area contributed by atoms with E-state index in [0.29, 0.717) is 25.9 Å². The molecule has 1 saturated heterocycles. The van der Waals surface area contributed by atoms with Crippen LogP contribution < -0.4 is 5.43 Å². The third kappa shape index (κ3) is 6.29. The molecule has 0 spiro atoms. The van der Waals surface area contributed by atoms with Crippen molar-refractivity contribution in [3.05, 3.63) is 71.8 Å². The fourth-order valence-corrected chi connectivity index (χ4v) is 5.96. The second-order valence-corrected chi connectivity index (χ2v) is 10.7. The van der Waals surface area contributed by atoms with Crippen LogP contribution in [-0.2, 0) is 21.4 Å². The van der Waals surface area contributed by atoms with Gasteiger partial charge in [0.1, 0.15) is 0 Å². The van der Waals surface area contributed by atoms with Gasteiger partial charge in [0.15, 0.2) is 6.04 Å². The average Bonchev–Trinajstić information content (AvgIpc) is 3.37. The van der Waals surface area contributed by atoms with Crippen LogP contribution in [0.4, 0.5) is 0 Å². The molecule has 2 aromatic carbocycles. The first kappa shape index (κ1) is 28.6. The molecule has 37 heavy (non-hydrogen) atoms. The van der Waals surface area contributed by atoms with Gasteiger partial charge in [-0.3, -0.25) is 14.3 Å². The van der Waals surface area contributed by atoms with Crippen molar-refractivity contribution in [3.8, 4) is 6.07 Å². The summed E-state index contributed by atoms with van der Waals surface area (Å²) in [7, 11) is 3.46. The van der Waals surface area contributed by atoms with Crippen molar-refractivity contribution in [2.24, 2.45) is 5.92 Å². The van der Waals surface area contributed by atoms with Crippen LogP contribution in [-0.4, -0.2) is 54.5 Å². The maximum Gasteiger partial charge on any atom is 0.314 e. The SMILES string of the molecule is CNN(C)C(=O)C1CCC[N@+]1(CCc1ccccc1)C(=O)CCCC[C@@](C#N)(c1ccccc1)C(C)C. The van der Waals surface area contributed by atoms with E-state index in [0.717, 1.165) is 37.7 Å². The molecular weight excluding hydrogens is 460 g/mol. The van der Waals surface area contributed by atoms with Gasteiger partial charge in [0.05, 0.1) is 31.0 Å². The van der Waals surface area contributed by atoms with Crippen LogP contribution >= 0.6 is 0 Å². The molecule has 1 aliphatic heterocycles. The third-order valence-electron chi connectivity index (χ3n) is 8.41. The lowest BCUT2D eigenvalue weighted by Gasteiger charge is -2.38. The largest absolute Gasteiger partial charge is 0.314 e. The number of hydrogen-bond acceptors (Lipinski definition) is 4. The first-order valence-electron chi connectivity index (χ1n) is 13.7. The van der Waals surface area contributed by atoms with Gasteiger partial charge >= 0.3 is 5.91 Å². The highest BCUT2D eigenvalue weighted by Crippen LogP contribution is 2.37. The Balaban J connectivity index is 1.74. The summed E-state index contributed by atoms with van der Waals surface area (Å²) < 4.78 is 0.228. The van der Waals surface area contributed by atoms with E-state index in [-0.39, 0.29) is 28.3 Å². The lowest BCUT2D eigenvalue weighted by molar-refractivity contribution is -0.858. The van der Waals surface area contributed by atoms with Crippen molar-refractivity contribution in [2.45, 2.75) is 70.3 Å². The molecular formula is C31H43N4O2+. The zero-order valence-electron chi connectivity index (χ0n) is 23.0. The Bertz CT molecular complexity index is 1070. The summed E-state index contributed by atoms with van der Waals surface area (Å²) >= 11 is 0. The van der Waals surface area contributed by atoms with E-state index >= 15 is 0 Å². The highest BCUT2D eigenvalue weighted by molar-refractivity contribution is 5.83. The number of likely N-dealkylation sites (N-methyl/N-ethyl adjacent to an activating group) is 1. The molecule has 0 aliphatic carbocycles. The first-order chi connectivity index (χ1) is 17.8. The van der Waals surface area contributed by atoms with E-state index in [1.807, 2.05) is 48.5 Å². The smallest absolute Gasteiger partial charge is 0.276 e. The van der Waals surface area contributed by atoms with Gasteiger partial charge in [0.2, 0.25) is 0 Å². The number of nitrogens with one attached hydrogen (secondary N) is 1. The van der Waals surface area contributed by atoms with Gasteiger partial charge in [-0.2, -0.15) is 5.26 Å². The van der Waals surface area contributed by atoms with Gasteiger partial charge in [-0.1, -0.05) is 80.9 Å².